The van der Waals surface area contributed by atoms with Gasteiger partial charge in [0.2, 0.25) is 0 Å². The first kappa shape index (κ1) is 10.2. The minimum absolute atomic E-state index is 0.208. The van der Waals surface area contributed by atoms with Crippen molar-refractivity contribution in [3.8, 4) is 0 Å². The number of carbonyl (C=O) groups excluding carboxylic acids is 1. The third-order valence-electron chi connectivity index (χ3n) is 2.16. The van der Waals surface area contributed by atoms with Gasteiger partial charge in [-0.1, -0.05) is 18.5 Å². The normalized spacial score (nSPS) is 16.8. The first-order chi connectivity index (χ1) is 6.33. The highest BCUT2D eigenvalue weighted by Crippen LogP contribution is 2.14. The van der Waals surface area contributed by atoms with Gasteiger partial charge in [-0.05, 0) is 32.1 Å². The molecule has 0 aromatic rings. The molecule has 0 spiro atoms. The van der Waals surface area contributed by atoms with Gasteiger partial charge in [0.05, 0.1) is 5.71 Å². The molecule has 0 saturated heterocycles. The van der Waals surface area contributed by atoms with Crippen LogP contribution in [0.1, 0.15) is 51.9 Å². The van der Waals surface area contributed by atoms with Crippen LogP contribution in [-0.2, 0) is 9.63 Å². The number of oxime groups is 1. The van der Waals surface area contributed by atoms with Crippen LogP contribution in [0.3, 0.4) is 0 Å². The predicted octanol–water partition coefficient (Wildman–Crippen LogP) is 2.65. The third-order valence-corrected chi connectivity index (χ3v) is 2.16. The van der Waals surface area contributed by atoms with E-state index < -0.39 is 0 Å². The molecule has 13 heavy (non-hydrogen) atoms. The highest BCUT2D eigenvalue weighted by Gasteiger charge is 2.08. The van der Waals surface area contributed by atoms with Crippen molar-refractivity contribution in [1.82, 2.24) is 0 Å². The zero-order valence-electron chi connectivity index (χ0n) is 8.21. The number of hydrogen-bond donors (Lipinski definition) is 0. The van der Waals surface area contributed by atoms with E-state index in [9.17, 15) is 4.79 Å². The van der Waals surface area contributed by atoms with Gasteiger partial charge in [0.15, 0.2) is 0 Å². The van der Waals surface area contributed by atoms with E-state index in [1.165, 1.54) is 19.3 Å². The maximum atomic E-state index is 11.0. The molecule has 0 aromatic carbocycles. The lowest BCUT2D eigenvalue weighted by Gasteiger charge is -2.10. The Morgan fingerprint density at radius 3 is 2.69 bits per heavy atom. The molecule has 0 bridgehead atoms. The predicted molar refractivity (Wildman–Crippen MR) is 51.5 cm³/mol. The van der Waals surface area contributed by atoms with Gasteiger partial charge in [0.1, 0.15) is 0 Å². The fourth-order valence-electron chi connectivity index (χ4n) is 1.42. The second-order valence-corrected chi connectivity index (χ2v) is 3.43. The first-order valence-corrected chi connectivity index (χ1v) is 5.08. The van der Waals surface area contributed by atoms with Crippen LogP contribution in [-0.4, -0.2) is 11.7 Å². The quantitative estimate of drug-likeness (QED) is 0.498. The molecule has 74 valence electrons. The molecule has 3 nitrogen and oxygen atoms in total. The van der Waals surface area contributed by atoms with E-state index in [1.807, 2.05) is 6.92 Å². The summed E-state index contributed by atoms with van der Waals surface area (Å²) in [5.41, 5.74) is 1.05. The van der Waals surface area contributed by atoms with Gasteiger partial charge in [-0.2, -0.15) is 0 Å². The maximum Gasteiger partial charge on any atom is 0.334 e. The van der Waals surface area contributed by atoms with E-state index in [0.717, 1.165) is 25.0 Å². The molecule has 1 fully saturated rings. The molecule has 0 unspecified atom stereocenters. The molecule has 0 heterocycles. The van der Waals surface area contributed by atoms with Crippen LogP contribution < -0.4 is 0 Å². The van der Waals surface area contributed by atoms with Crippen molar-refractivity contribution in [2.24, 2.45) is 5.16 Å². The van der Waals surface area contributed by atoms with Gasteiger partial charge in [-0.3, -0.25) is 0 Å². The molecule has 0 amide bonds. The zero-order valence-corrected chi connectivity index (χ0v) is 8.21. The molecule has 1 saturated carbocycles. The highest BCUT2D eigenvalue weighted by atomic mass is 16.7. The number of nitrogens with zero attached hydrogens (tertiary/aromatic N) is 1. The summed E-state index contributed by atoms with van der Waals surface area (Å²) in [6.07, 6.45) is 6.94. The Morgan fingerprint density at radius 1 is 1.38 bits per heavy atom. The summed E-state index contributed by atoms with van der Waals surface area (Å²) in [6.45, 7) is 1.95. The van der Waals surface area contributed by atoms with E-state index in [2.05, 4.69) is 5.16 Å². The molecule has 1 aliphatic rings. The largest absolute Gasteiger partial charge is 0.334 e. The molecule has 3 heteroatoms. The van der Waals surface area contributed by atoms with Crippen molar-refractivity contribution in [2.75, 3.05) is 0 Å². The molecule has 1 rings (SSSR count). The van der Waals surface area contributed by atoms with Crippen LogP contribution in [0.4, 0.5) is 0 Å². The highest BCUT2D eigenvalue weighted by molar-refractivity contribution is 5.85. The fraction of sp³-hybridized carbons (Fsp3) is 0.800. The third kappa shape index (κ3) is 4.06. The lowest BCUT2D eigenvalue weighted by molar-refractivity contribution is -0.143. The van der Waals surface area contributed by atoms with E-state index in [-0.39, 0.29) is 5.97 Å². The van der Waals surface area contributed by atoms with Crippen molar-refractivity contribution in [3.63, 3.8) is 0 Å². The van der Waals surface area contributed by atoms with Crippen molar-refractivity contribution in [3.05, 3.63) is 0 Å². The van der Waals surface area contributed by atoms with Crippen LogP contribution in [0, 0.1) is 0 Å². The summed E-state index contributed by atoms with van der Waals surface area (Å²) in [5.74, 6) is -0.208. The van der Waals surface area contributed by atoms with Crippen LogP contribution in [0.15, 0.2) is 5.16 Å². The van der Waals surface area contributed by atoms with Gasteiger partial charge in [-0.15, -0.1) is 0 Å². The second-order valence-electron chi connectivity index (χ2n) is 3.43. The van der Waals surface area contributed by atoms with E-state index in [4.69, 9.17) is 4.84 Å². The van der Waals surface area contributed by atoms with Crippen molar-refractivity contribution in [2.45, 2.75) is 51.9 Å². The molecule has 0 N–H and O–H groups in total. The average Bonchev–Trinajstić information content (AvgIpc) is 2.17. The number of carbonyl (C=O) groups is 1. The SMILES string of the molecule is CCCC(=O)ON=C1CCCCC1. The lowest BCUT2D eigenvalue weighted by atomic mass is 9.99. The Bertz CT molecular complexity index is 191. The van der Waals surface area contributed by atoms with E-state index >= 15 is 0 Å². The zero-order chi connectivity index (χ0) is 9.52. The summed E-state index contributed by atoms with van der Waals surface area (Å²) < 4.78 is 0. The van der Waals surface area contributed by atoms with Crippen LogP contribution in [0.25, 0.3) is 0 Å². The summed E-state index contributed by atoms with van der Waals surface area (Å²) >= 11 is 0. The van der Waals surface area contributed by atoms with Crippen LogP contribution in [0.5, 0.6) is 0 Å². The molecule has 1 aliphatic carbocycles. The Hall–Kier alpha value is -0.860. The van der Waals surface area contributed by atoms with Gasteiger partial charge in [-0.25, -0.2) is 4.79 Å². The smallest absolute Gasteiger partial charge is 0.318 e. The molecular weight excluding hydrogens is 166 g/mol. The lowest BCUT2D eigenvalue weighted by Crippen LogP contribution is -2.07. The monoisotopic (exact) mass is 183 g/mol. The standard InChI is InChI=1S/C10H17NO2/c1-2-6-10(12)13-11-9-7-4-3-5-8-9/h2-8H2,1H3. The molecular formula is C10H17NO2. The summed E-state index contributed by atoms with van der Waals surface area (Å²) in [5, 5.41) is 3.87. The van der Waals surface area contributed by atoms with E-state index in [0.29, 0.717) is 6.42 Å². The Kier molecular flexibility index (Phi) is 4.50. The van der Waals surface area contributed by atoms with Crippen LogP contribution >= 0.6 is 0 Å². The van der Waals surface area contributed by atoms with E-state index in [1.54, 1.807) is 0 Å². The number of rotatable bonds is 3. The first-order valence-electron chi connectivity index (χ1n) is 5.08. The van der Waals surface area contributed by atoms with Crippen molar-refractivity contribution in [1.29, 1.82) is 0 Å². The fourth-order valence-corrected chi connectivity index (χ4v) is 1.42. The molecule has 0 atom stereocenters. The Labute approximate surface area is 79.1 Å². The minimum Gasteiger partial charge on any atom is -0.318 e. The van der Waals surface area contributed by atoms with Gasteiger partial charge >= 0.3 is 5.97 Å². The van der Waals surface area contributed by atoms with Gasteiger partial charge in [0.25, 0.3) is 0 Å². The van der Waals surface area contributed by atoms with Gasteiger partial charge in [0, 0.05) is 6.42 Å². The summed E-state index contributed by atoms with van der Waals surface area (Å²) in [6, 6.07) is 0. The van der Waals surface area contributed by atoms with Gasteiger partial charge < -0.3 is 4.84 Å². The summed E-state index contributed by atoms with van der Waals surface area (Å²) in [7, 11) is 0. The number of hydrogen-bond acceptors (Lipinski definition) is 3. The Morgan fingerprint density at radius 2 is 2.08 bits per heavy atom. The Balaban J connectivity index is 2.25. The maximum absolute atomic E-state index is 11.0. The average molecular weight is 183 g/mol. The van der Waals surface area contributed by atoms with Crippen molar-refractivity contribution >= 4 is 11.7 Å². The summed E-state index contributed by atoms with van der Waals surface area (Å²) in [4.78, 5) is 15.7. The topological polar surface area (TPSA) is 38.7 Å². The minimum atomic E-state index is -0.208. The molecule has 0 radical (unpaired) electrons. The van der Waals surface area contributed by atoms with Crippen molar-refractivity contribution < 1.29 is 9.63 Å². The van der Waals surface area contributed by atoms with Crippen LogP contribution in [0.2, 0.25) is 0 Å². The molecule has 0 aromatic heterocycles. The molecule has 0 aliphatic heterocycles. The second kappa shape index (κ2) is 5.73.